The van der Waals surface area contributed by atoms with Gasteiger partial charge >= 0.3 is 0 Å². The van der Waals surface area contributed by atoms with E-state index in [0.29, 0.717) is 11.8 Å². The predicted molar refractivity (Wildman–Crippen MR) is 63.9 cm³/mol. The van der Waals surface area contributed by atoms with Gasteiger partial charge in [0.05, 0.1) is 12.4 Å². The minimum atomic E-state index is -0.373. The van der Waals surface area contributed by atoms with E-state index in [2.05, 4.69) is 24.3 Å². The quantitative estimate of drug-likeness (QED) is 0.867. The second kappa shape index (κ2) is 5.21. The maximum Gasteiger partial charge on any atom is 0.261 e. The number of hydrogen-bond donors (Lipinski definition) is 1. The molecule has 5 heteroatoms. The molecule has 1 aromatic rings. The van der Waals surface area contributed by atoms with Crippen molar-refractivity contribution in [3.63, 3.8) is 0 Å². The first kappa shape index (κ1) is 12.0. The number of hydrogen-bond acceptors (Lipinski definition) is 3. The Balaban J connectivity index is 2.00. The van der Waals surface area contributed by atoms with E-state index in [4.69, 9.17) is 4.74 Å². The van der Waals surface area contributed by atoms with Crippen LogP contribution in [-0.2, 0) is 4.79 Å². The van der Waals surface area contributed by atoms with Crippen LogP contribution in [0.5, 0.6) is 5.75 Å². The van der Waals surface area contributed by atoms with E-state index in [0.717, 1.165) is 25.8 Å². The number of carbonyl (C=O) groups is 1. The fraction of sp³-hybridized carbons (Fsp3) is 0.667. The van der Waals surface area contributed by atoms with Gasteiger partial charge < -0.3 is 10.1 Å². The largest absolute Gasteiger partial charge is 0.477 e. The lowest BCUT2D eigenvalue weighted by Gasteiger charge is -2.14. The summed E-state index contributed by atoms with van der Waals surface area (Å²) in [6.45, 7) is 4.86. The van der Waals surface area contributed by atoms with Crippen LogP contribution in [-0.4, -0.2) is 28.3 Å². The zero-order valence-corrected chi connectivity index (χ0v) is 10.3. The molecule has 0 aromatic carbocycles. The zero-order chi connectivity index (χ0) is 12.3. The van der Waals surface area contributed by atoms with Crippen LogP contribution in [0.15, 0.2) is 12.4 Å². The second-order valence-electron chi connectivity index (χ2n) is 4.64. The average molecular weight is 237 g/mol. The summed E-state index contributed by atoms with van der Waals surface area (Å²) in [7, 11) is 0. The van der Waals surface area contributed by atoms with Crippen molar-refractivity contribution in [2.75, 3.05) is 6.54 Å². The molecule has 1 aromatic heterocycles. The van der Waals surface area contributed by atoms with Gasteiger partial charge in [-0.15, -0.1) is 0 Å². The molecule has 0 radical (unpaired) electrons. The van der Waals surface area contributed by atoms with Crippen LogP contribution in [0.4, 0.5) is 0 Å². The van der Waals surface area contributed by atoms with E-state index in [9.17, 15) is 4.79 Å². The Morgan fingerprint density at radius 1 is 1.53 bits per heavy atom. The fourth-order valence-corrected chi connectivity index (χ4v) is 1.85. The van der Waals surface area contributed by atoms with Gasteiger partial charge in [-0.2, -0.15) is 5.10 Å². The van der Waals surface area contributed by atoms with E-state index >= 15 is 0 Å². The highest BCUT2D eigenvalue weighted by atomic mass is 16.5. The third-order valence-corrected chi connectivity index (χ3v) is 2.87. The summed E-state index contributed by atoms with van der Waals surface area (Å²) in [5.74, 6) is 0.653. The topological polar surface area (TPSA) is 56.1 Å². The molecule has 1 amide bonds. The summed E-state index contributed by atoms with van der Waals surface area (Å²) in [5, 5.41) is 7.04. The molecule has 1 aliphatic heterocycles. The van der Waals surface area contributed by atoms with Crippen molar-refractivity contribution in [2.45, 2.75) is 45.3 Å². The number of aromatic nitrogens is 2. The molecular weight excluding hydrogens is 218 g/mol. The molecule has 17 heavy (non-hydrogen) atoms. The summed E-state index contributed by atoms with van der Waals surface area (Å²) in [6, 6.07) is 0.301. The molecule has 0 spiro atoms. The minimum Gasteiger partial charge on any atom is -0.477 e. The lowest BCUT2D eigenvalue weighted by molar-refractivity contribution is -0.127. The number of rotatable bonds is 3. The Morgan fingerprint density at radius 2 is 2.35 bits per heavy atom. The Labute approximate surface area is 101 Å². The van der Waals surface area contributed by atoms with Gasteiger partial charge in [-0.25, -0.2) is 0 Å². The number of carbonyl (C=O) groups excluding carboxylic acids is 1. The molecule has 5 nitrogen and oxygen atoms in total. The van der Waals surface area contributed by atoms with Gasteiger partial charge in [0.2, 0.25) is 0 Å². The van der Waals surface area contributed by atoms with Crippen molar-refractivity contribution >= 4 is 5.91 Å². The molecule has 0 aliphatic carbocycles. The van der Waals surface area contributed by atoms with Crippen LogP contribution in [0.25, 0.3) is 0 Å². The molecule has 1 atom stereocenters. The van der Waals surface area contributed by atoms with Crippen LogP contribution in [0.1, 0.15) is 39.2 Å². The van der Waals surface area contributed by atoms with Gasteiger partial charge in [0.15, 0.2) is 11.9 Å². The monoisotopic (exact) mass is 237 g/mol. The van der Waals surface area contributed by atoms with E-state index in [1.165, 1.54) is 0 Å². The fourth-order valence-electron chi connectivity index (χ4n) is 1.85. The molecule has 1 unspecified atom stereocenters. The van der Waals surface area contributed by atoms with E-state index in [1.54, 1.807) is 6.20 Å². The SMILES string of the molecule is CC(C)n1cc(OC2CCCCNC2=O)cn1. The molecule has 1 fully saturated rings. The molecule has 0 saturated carbocycles. The first-order chi connectivity index (χ1) is 8.16. The van der Waals surface area contributed by atoms with Gasteiger partial charge in [0, 0.05) is 12.6 Å². The standard InChI is InChI=1S/C12H19N3O2/c1-9(2)15-8-10(7-14-15)17-11-5-3-4-6-13-12(11)16/h7-9,11H,3-6H2,1-2H3,(H,13,16). The Morgan fingerprint density at radius 3 is 3.06 bits per heavy atom. The molecule has 2 heterocycles. The normalized spacial score (nSPS) is 21.1. The number of nitrogens with zero attached hydrogens (tertiary/aromatic N) is 2. The number of amides is 1. The van der Waals surface area contributed by atoms with E-state index < -0.39 is 0 Å². The Kier molecular flexibility index (Phi) is 3.66. The first-order valence-corrected chi connectivity index (χ1v) is 6.15. The summed E-state index contributed by atoms with van der Waals surface area (Å²) < 4.78 is 7.51. The van der Waals surface area contributed by atoms with Crippen molar-refractivity contribution in [3.05, 3.63) is 12.4 Å². The van der Waals surface area contributed by atoms with Crippen LogP contribution < -0.4 is 10.1 Å². The number of nitrogens with one attached hydrogen (secondary N) is 1. The van der Waals surface area contributed by atoms with Gasteiger partial charge in [-0.3, -0.25) is 9.48 Å². The zero-order valence-electron chi connectivity index (χ0n) is 10.3. The van der Waals surface area contributed by atoms with Crippen LogP contribution in [0, 0.1) is 0 Å². The lowest BCUT2D eigenvalue weighted by Crippen LogP contribution is -2.36. The average Bonchev–Trinajstić information content (AvgIpc) is 2.66. The van der Waals surface area contributed by atoms with Gasteiger partial charge in [-0.1, -0.05) is 0 Å². The summed E-state index contributed by atoms with van der Waals surface area (Å²) in [4.78, 5) is 11.7. The van der Waals surface area contributed by atoms with Gasteiger partial charge in [-0.05, 0) is 33.1 Å². The third kappa shape index (κ3) is 2.99. The van der Waals surface area contributed by atoms with Crippen molar-refractivity contribution < 1.29 is 9.53 Å². The second-order valence-corrected chi connectivity index (χ2v) is 4.64. The van der Waals surface area contributed by atoms with Crippen LogP contribution >= 0.6 is 0 Å². The van der Waals surface area contributed by atoms with Crippen LogP contribution in [0.3, 0.4) is 0 Å². The van der Waals surface area contributed by atoms with Crippen molar-refractivity contribution in [1.29, 1.82) is 0 Å². The van der Waals surface area contributed by atoms with Gasteiger partial charge in [0.1, 0.15) is 0 Å². The molecule has 1 saturated heterocycles. The maximum absolute atomic E-state index is 11.7. The molecule has 1 N–H and O–H groups in total. The summed E-state index contributed by atoms with van der Waals surface area (Å²) in [6.07, 6.45) is 5.94. The predicted octanol–water partition coefficient (Wildman–Crippen LogP) is 1.51. The van der Waals surface area contributed by atoms with E-state index in [1.807, 2.05) is 10.9 Å². The highest BCUT2D eigenvalue weighted by molar-refractivity contribution is 5.81. The van der Waals surface area contributed by atoms with Gasteiger partial charge in [0.25, 0.3) is 5.91 Å². The smallest absolute Gasteiger partial charge is 0.261 e. The molecule has 2 rings (SSSR count). The van der Waals surface area contributed by atoms with Crippen molar-refractivity contribution in [1.82, 2.24) is 15.1 Å². The summed E-state index contributed by atoms with van der Waals surface area (Å²) >= 11 is 0. The lowest BCUT2D eigenvalue weighted by atomic mass is 10.2. The summed E-state index contributed by atoms with van der Waals surface area (Å²) in [5.41, 5.74) is 0. The molecular formula is C12H19N3O2. The molecule has 0 bridgehead atoms. The molecule has 94 valence electrons. The van der Waals surface area contributed by atoms with Crippen molar-refractivity contribution in [2.24, 2.45) is 0 Å². The Bertz CT molecular complexity index is 387. The first-order valence-electron chi connectivity index (χ1n) is 6.15. The van der Waals surface area contributed by atoms with Crippen LogP contribution in [0.2, 0.25) is 0 Å². The maximum atomic E-state index is 11.7. The number of ether oxygens (including phenoxy) is 1. The minimum absolute atomic E-state index is 0.0141. The van der Waals surface area contributed by atoms with Crippen molar-refractivity contribution in [3.8, 4) is 5.75 Å². The third-order valence-electron chi connectivity index (χ3n) is 2.87. The highest BCUT2D eigenvalue weighted by Crippen LogP contribution is 2.17. The van der Waals surface area contributed by atoms with E-state index in [-0.39, 0.29) is 12.0 Å². The highest BCUT2D eigenvalue weighted by Gasteiger charge is 2.22. The Hall–Kier alpha value is -1.52. The molecule has 1 aliphatic rings.